The van der Waals surface area contributed by atoms with Crippen molar-refractivity contribution in [3.05, 3.63) is 59.9 Å². The number of nitrogens with one attached hydrogen (secondary N) is 1. The van der Waals surface area contributed by atoms with Crippen LogP contribution >= 0.6 is 0 Å². The average Bonchev–Trinajstić information content (AvgIpc) is 2.81. The minimum atomic E-state index is -3.99. The summed E-state index contributed by atoms with van der Waals surface area (Å²) >= 11 is 0. The molecule has 0 fully saturated rings. The van der Waals surface area contributed by atoms with Crippen LogP contribution in [0.1, 0.15) is 32.3 Å². The van der Waals surface area contributed by atoms with Crippen LogP contribution in [0.3, 0.4) is 0 Å². The molecule has 2 rings (SSSR count). The molecule has 8 nitrogen and oxygen atoms in total. The summed E-state index contributed by atoms with van der Waals surface area (Å²) in [5.74, 6) is -1.08. The van der Waals surface area contributed by atoms with Gasteiger partial charge in [0.25, 0.3) is 0 Å². The molecule has 1 N–H and O–H groups in total. The number of ether oxygens (including phenoxy) is 1. The van der Waals surface area contributed by atoms with Gasteiger partial charge in [0, 0.05) is 13.1 Å². The Morgan fingerprint density at radius 2 is 1.74 bits per heavy atom. The topological polar surface area (TPSA) is 96.0 Å². The van der Waals surface area contributed by atoms with E-state index in [9.17, 15) is 22.4 Å². The quantitative estimate of drug-likeness (QED) is 0.491. The molecule has 0 saturated carbocycles. The third-order valence-electron chi connectivity index (χ3n) is 5.25. The van der Waals surface area contributed by atoms with Crippen molar-refractivity contribution in [1.29, 1.82) is 0 Å². The minimum absolute atomic E-state index is 0.0652. The van der Waals surface area contributed by atoms with Crippen molar-refractivity contribution in [2.45, 2.75) is 39.3 Å². The molecule has 0 spiro atoms. The first-order valence-corrected chi connectivity index (χ1v) is 12.9. The predicted octanol–water partition coefficient (Wildman–Crippen LogP) is 2.93. The highest BCUT2D eigenvalue weighted by atomic mass is 32.2. The van der Waals surface area contributed by atoms with Gasteiger partial charge in [-0.3, -0.25) is 13.9 Å². The van der Waals surface area contributed by atoms with Gasteiger partial charge < -0.3 is 15.0 Å². The first-order valence-electron chi connectivity index (χ1n) is 11.0. The number of carbonyl (C=O) groups is 2. The fourth-order valence-corrected chi connectivity index (χ4v) is 4.31. The number of rotatable bonds is 12. The van der Waals surface area contributed by atoms with Crippen LogP contribution < -0.4 is 14.4 Å². The summed E-state index contributed by atoms with van der Waals surface area (Å²) in [5, 5.41) is 2.80. The third-order valence-corrected chi connectivity index (χ3v) is 6.37. The van der Waals surface area contributed by atoms with Crippen molar-refractivity contribution in [2.75, 3.05) is 30.8 Å². The van der Waals surface area contributed by atoms with Crippen LogP contribution in [0.15, 0.2) is 48.5 Å². The largest absolute Gasteiger partial charge is 0.497 e. The summed E-state index contributed by atoms with van der Waals surface area (Å²) in [6, 6.07) is 11.5. The van der Waals surface area contributed by atoms with E-state index in [1.807, 2.05) is 6.92 Å². The molecule has 0 saturated heterocycles. The molecular formula is C24H32FN3O5S. The summed E-state index contributed by atoms with van der Waals surface area (Å²) in [6.07, 6.45) is 1.95. The molecule has 2 aromatic carbocycles. The Balaban J connectivity index is 2.42. The second kappa shape index (κ2) is 12.4. The molecule has 0 aliphatic heterocycles. The molecule has 0 aromatic heterocycles. The number of nitrogens with zero attached hydrogens (tertiary/aromatic N) is 2. The molecule has 0 aliphatic rings. The second-order valence-corrected chi connectivity index (χ2v) is 9.71. The predicted molar refractivity (Wildman–Crippen MR) is 130 cm³/mol. The number of halogens is 1. The highest BCUT2D eigenvalue weighted by Crippen LogP contribution is 2.23. The number of amides is 2. The van der Waals surface area contributed by atoms with Gasteiger partial charge in [-0.05, 0) is 42.7 Å². The molecule has 0 radical (unpaired) electrons. The van der Waals surface area contributed by atoms with Crippen molar-refractivity contribution in [3.8, 4) is 5.75 Å². The fraction of sp³-hybridized carbons (Fsp3) is 0.417. The van der Waals surface area contributed by atoms with Crippen molar-refractivity contribution in [1.82, 2.24) is 10.2 Å². The van der Waals surface area contributed by atoms with Crippen LogP contribution in [-0.4, -0.2) is 57.6 Å². The van der Waals surface area contributed by atoms with Gasteiger partial charge in [-0.2, -0.15) is 0 Å². The van der Waals surface area contributed by atoms with E-state index in [0.717, 1.165) is 28.6 Å². The first-order chi connectivity index (χ1) is 16.1. The molecule has 186 valence electrons. The Hall–Kier alpha value is -3.14. The molecule has 34 heavy (non-hydrogen) atoms. The lowest BCUT2D eigenvalue weighted by Crippen LogP contribution is -2.52. The Labute approximate surface area is 200 Å². The van der Waals surface area contributed by atoms with Gasteiger partial charge >= 0.3 is 0 Å². The van der Waals surface area contributed by atoms with Crippen LogP contribution in [0.5, 0.6) is 5.75 Å². The van der Waals surface area contributed by atoms with Crippen LogP contribution in [0.2, 0.25) is 0 Å². The number of methoxy groups -OCH3 is 1. The molecule has 2 amide bonds. The molecule has 0 bridgehead atoms. The summed E-state index contributed by atoms with van der Waals surface area (Å²) in [5.41, 5.74) is 0.499. The minimum Gasteiger partial charge on any atom is -0.497 e. The van der Waals surface area contributed by atoms with Crippen LogP contribution in [0.4, 0.5) is 10.1 Å². The van der Waals surface area contributed by atoms with E-state index in [4.69, 9.17) is 4.74 Å². The summed E-state index contributed by atoms with van der Waals surface area (Å²) in [4.78, 5) is 27.7. The zero-order valence-corrected chi connectivity index (χ0v) is 20.8. The van der Waals surface area contributed by atoms with E-state index in [-0.39, 0.29) is 18.1 Å². The monoisotopic (exact) mass is 493 g/mol. The van der Waals surface area contributed by atoms with E-state index >= 15 is 0 Å². The number of para-hydroxylation sites is 1. The number of anilines is 1. The van der Waals surface area contributed by atoms with Crippen molar-refractivity contribution >= 4 is 27.5 Å². The highest BCUT2D eigenvalue weighted by Gasteiger charge is 2.32. The number of carbonyl (C=O) groups excluding carboxylic acids is 2. The van der Waals surface area contributed by atoms with E-state index in [0.29, 0.717) is 18.7 Å². The highest BCUT2D eigenvalue weighted by molar-refractivity contribution is 7.92. The standard InChI is InChI=1S/C24H32FN3O5S/c1-5-15-26-24(30)21(6-2)27(16-18-11-13-19(33-3)14-12-18)23(29)17-28(34(4,31)32)22-10-8-7-9-20(22)25/h7-14,21H,5-6,15-17H2,1-4H3,(H,26,30). The van der Waals surface area contributed by atoms with E-state index in [1.54, 1.807) is 38.3 Å². The van der Waals surface area contributed by atoms with Crippen molar-refractivity contribution in [2.24, 2.45) is 0 Å². The Bertz CT molecular complexity index is 1080. The van der Waals surface area contributed by atoms with E-state index in [2.05, 4.69) is 5.32 Å². The summed E-state index contributed by atoms with van der Waals surface area (Å²) < 4.78 is 45.3. The third kappa shape index (κ3) is 7.18. The maximum Gasteiger partial charge on any atom is 0.244 e. The molecule has 0 aliphatic carbocycles. The number of benzene rings is 2. The van der Waals surface area contributed by atoms with E-state index < -0.39 is 34.3 Å². The SMILES string of the molecule is CCCNC(=O)C(CC)N(Cc1ccc(OC)cc1)C(=O)CN(c1ccccc1F)S(C)(=O)=O. The average molecular weight is 494 g/mol. The van der Waals surface area contributed by atoms with Gasteiger partial charge in [0.2, 0.25) is 21.8 Å². The lowest BCUT2D eigenvalue weighted by molar-refractivity contribution is -0.140. The van der Waals surface area contributed by atoms with Crippen LogP contribution in [0.25, 0.3) is 0 Å². The maximum atomic E-state index is 14.4. The fourth-order valence-electron chi connectivity index (χ4n) is 3.46. The van der Waals surface area contributed by atoms with Gasteiger partial charge in [-0.1, -0.05) is 38.1 Å². The number of sulfonamides is 1. The van der Waals surface area contributed by atoms with Gasteiger partial charge in [-0.25, -0.2) is 12.8 Å². The first kappa shape index (κ1) is 27.1. The smallest absolute Gasteiger partial charge is 0.244 e. The zero-order valence-electron chi connectivity index (χ0n) is 20.0. The lowest BCUT2D eigenvalue weighted by atomic mass is 10.1. The van der Waals surface area contributed by atoms with Crippen molar-refractivity contribution in [3.63, 3.8) is 0 Å². The summed E-state index contributed by atoms with van der Waals surface area (Å²) in [7, 11) is -2.45. The van der Waals surface area contributed by atoms with Crippen LogP contribution in [-0.2, 0) is 26.2 Å². The molecule has 0 heterocycles. The van der Waals surface area contributed by atoms with Gasteiger partial charge in [-0.15, -0.1) is 0 Å². The maximum absolute atomic E-state index is 14.4. The Morgan fingerprint density at radius 3 is 2.26 bits per heavy atom. The van der Waals surface area contributed by atoms with Gasteiger partial charge in [0.05, 0.1) is 19.1 Å². The molecule has 1 unspecified atom stereocenters. The van der Waals surface area contributed by atoms with Gasteiger partial charge in [0.1, 0.15) is 24.2 Å². The Morgan fingerprint density at radius 1 is 1.09 bits per heavy atom. The second-order valence-electron chi connectivity index (χ2n) is 7.81. The van der Waals surface area contributed by atoms with E-state index in [1.165, 1.54) is 23.1 Å². The van der Waals surface area contributed by atoms with Crippen molar-refractivity contribution < 1.29 is 27.1 Å². The summed E-state index contributed by atoms with van der Waals surface area (Å²) in [6.45, 7) is 3.56. The molecule has 2 aromatic rings. The Kier molecular flexibility index (Phi) is 9.85. The zero-order chi connectivity index (χ0) is 25.3. The number of hydrogen-bond acceptors (Lipinski definition) is 5. The molecule has 1 atom stereocenters. The molecule has 10 heteroatoms. The normalized spacial score (nSPS) is 12.0. The van der Waals surface area contributed by atoms with Gasteiger partial charge in [0.15, 0.2) is 0 Å². The molecular weight excluding hydrogens is 461 g/mol. The van der Waals surface area contributed by atoms with Crippen LogP contribution in [0, 0.1) is 5.82 Å². The number of hydrogen-bond donors (Lipinski definition) is 1. The lowest BCUT2D eigenvalue weighted by Gasteiger charge is -2.33.